The molecular formula is C8H7NO2. The highest BCUT2D eigenvalue weighted by atomic mass is 16.3. The fourth-order valence-corrected chi connectivity index (χ4v) is 0.788. The van der Waals surface area contributed by atoms with Crippen LogP contribution < -0.4 is 0 Å². The Labute approximate surface area is 64.1 Å². The lowest BCUT2D eigenvalue weighted by Gasteiger charge is -2.02. The number of nitrogens with zero attached hydrogens (tertiary/aromatic N) is 1. The first-order valence-corrected chi connectivity index (χ1v) is 3.11. The van der Waals surface area contributed by atoms with Crippen LogP contribution in [0.25, 0.3) is 0 Å². The van der Waals surface area contributed by atoms with Gasteiger partial charge in [0.1, 0.15) is 5.75 Å². The fourth-order valence-electron chi connectivity index (χ4n) is 0.788. The summed E-state index contributed by atoms with van der Waals surface area (Å²) in [5, 5.41) is 26.4. The van der Waals surface area contributed by atoms with Crippen LogP contribution in [0.1, 0.15) is 11.7 Å². The molecule has 1 aromatic carbocycles. The highest BCUT2D eigenvalue weighted by Crippen LogP contribution is 2.22. The van der Waals surface area contributed by atoms with Gasteiger partial charge in [-0.2, -0.15) is 5.26 Å². The number of rotatable bonds is 1. The Morgan fingerprint density at radius 1 is 1.36 bits per heavy atom. The largest absolute Gasteiger partial charge is 0.508 e. The van der Waals surface area contributed by atoms with Crippen molar-refractivity contribution in [2.24, 2.45) is 0 Å². The van der Waals surface area contributed by atoms with Crippen LogP contribution in [0.15, 0.2) is 24.3 Å². The van der Waals surface area contributed by atoms with Crippen molar-refractivity contribution in [2.75, 3.05) is 0 Å². The molecule has 0 unspecified atom stereocenters. The third-order valence-corrected chi connectivity index (χ3v) is 1.35. The summed E-state index contributed by atoms with van der Waals surface area (Å²) < 4.78 is 0. The number of hydrogen-bond acceptors (Lipinski definition) is 3. The molecule has 0 saturated heterocycles. The van der Waals surface area contributed by atoms with Crippen molar-refractivity contribution in [2.45, 2.75) is 6.10 Å². The minimum absolute atomic E-state index is 0.0541. The number of benzene rings is 1. The standard InChI is InChI=1S/C8H7NO2/c9-5-8(11)6-3-1-2-4-7(6)10/h1-4,8,10-11H/t8-/m1/s1. The molecule has 0 fully saturated rings. The maximum absolute atomic E-state index is 9.10. The average Bonchev–Trinajstić information content (AvgIpc) is 2.04. The number of aromatic hydroxyl groups is 1. The number of aliphatic hydroxyl groups excluding tert-OH is 1. The van der Waals surface area contributed by atoms with Crippen LogP contribution in [-0.4, -0.2) is 10.2 Å². The molecule has 0 aliphatic carbocycles. The van der Waals surface area contributed by atoms with Crippen molar-refractivity contribution in [3.05, 3.63) is 29.8 Å². The summed E-state index contributed by atoms with van der Waals surface area (Å²) in [7, 11) is 0. The van der Waals surface area contributed by atoms with Gasteiger partial charge in [-0.1, -0.05) is 18.2 Å². The number of nitriles is 1. The van der Waals surface area contributed by atoms with Crippen LogP contribution >= 0.6 is 0 Å². The Morgan fingerprint density at radius 3 is 2.55 bits per heavy atom. The van der Waals surface area contributed by atoms with E-state index in [2.05, 4.69) is 0 Å². The smallest absolute Gasteiger partial charge is 0.169 e. The Balaban J connectivity index is 3.05. The van der Waals surface area contributed by atoms with Gasteiger partial charge in [0, 0.05) is 5.56 Å². The van der Waals surface area contributed by atoms with E-state index in [4.69, 9.17) is 15.5 Å². The maximum atomic E-state index is 9.10. The van der Waals surface area contributed by atoms with Crippen LogP contribution in [0.4, 0.5) is 0 Å². The number of para-hydroxylation sites is 1. The van der Waals surface area contributed by atoms with Gasteiger partial charge in [-0.3, -0.25) is 0 Å². The summed E-state index contributed by atoms with van der Waals surface area (Å²) in [6, 6.07) is 7.82. The van der Waals surface area contributed by atoms with Crippen molar-refractivity contribution in [1.82, 2.24) is 0 Å². The van der Waals surface area contributed by atoms with Gasteiger partial charge in [0.15, 0.2) is 6.10 Å². The Bertz CT molecular complexity index is 290. The van der Waals surface area contributed by atoms with Crippen molar-refractivity contribution in [3.63, 3.8) is 0 Å². The molecule has 0 aliphatic rings. The lowest BCUT2D eigenvalue weighted by molar-refractivity contribution is 0.231. The van der Waals surface area contributed by atoms with Crippen LogP contribution in [-0.2, 0) is 0 Å². The first-order chi connectivity index (χ1) is 5.25. The molecule has 0 saturated carbocycles. The molecule has 0 aliphatic heterocycles. The van der Waals surface area contributed by atoms with Gasteiger partial charge >= 0.3 is 0 Å². The van der Waals surface area contributed by atoms with Crippen LogP contribution in [0.2, 0.25) is 0 Å². The SMILES string of the molecule is N#C[C@@H](O)c1ccccc1O. The molecule has 1 rings (SSSR count). The predicted octanol–water partition coefficient (Wildman–Crippen LogP) is 0.949. The molecule has 2 N–H and O–H groups in total. The molecule has 0 radical (unpaired) electrons. The third kappa shape index (κ3) is 1.48. The van der Waals surface area contributed by atoms with Gasteiger partial charge in [-0.05, 0) is 6.07 Å². The monoisotopic (exact) mass is 149 g/mol. The summed E-state index contributed by atoms with van der Waals surface area (Å²) in [5.41, 5.74) is 0.245. The van der Waals surface area contributed by atoms with E-state index in [9.17, 15) is 0 Å². The number of phenolic OH excluding ortho intramolecular Hbond substituents is 1. The van der Waals surface area contributed by atoms with Crippen molar-refractivity contribution < 1.29 is 10.2 Å². The Hall–Kier alpha value is -1.53. The molecule has 3 nitrogen and oxygen atoms in total. The molecule has 0 amide bonds. The van der Waals surface area contributed by atoms with Gasteiger partial charge in [0.2, 0.25) is 0 Å². The zero-order valence-electron chi connectivity index (χ0n) is 5.73. The van der Waals surface area contributed by atoms with Gasteiger partial charge in [-0.15, -0.1) is 0 Å². The van der Waals surface area contributed by atoms with E-state index in [0.717, 1.165) is 0 Å². The lowest BCUT2D eigenvalue weighted by Crippen LogP contribution is -1.92. The quantitative estimate of drug-likeness (QED) is 0.584. The lowest BCUT2D eigenvalue weighted by atomic mass is 10.1. The molecule has 1 aromatic rings. The second-order valence-electron chi connectivity index (χ2n) is 2.09. The van der Waals surface area contributed by atoms with Gasteiger partial charge in [0.25, 0.3) is 0 Å². The van der Waals surface area contributed by atoms with Gasteiger partial charge in [-0.25, -0.2) is 0 Å². The van der Waals surface area contributed by atoms with Crippen LogP contribution in [0, 0.1) is 11.3 Å². The molecular weight excluding hydrogens is 142 g/mol. The molecule has 1 atom stereocenters. The van der Waals surface area contributed by atoms with E-state index in [-0.39, 0.29) is 11.3 Å². The Kier molecular flexibility index (Phi) is 2.09. The highest BCUT2D eigenvalue weighted by Gasteiger charge is 2.08. The van der Waals surface area contributed by atoms with Crippen LogP contribution in [0.5, 0.6) is 5.75 Å². The normalized spacial score (nSPS) is 12.0. The summed E-state index contributed by atoms with van der Waals surface area (Å²) in [4.78, 5) is 0. The topological polar surface area (TPSA) is 64.2 Å². The highest BCUT2D eigenvalue weighted by molar-refractivity contribution is 5.35. The van der Waals surface area contributed by atoms with E-state index in [0.29, 0.717) is 0 Å². The molecule has 0 heterocycles. The van der Waals surface area contributed by atoms with E-state index in [1.165, 1.54) is 12.1 Å². The second kappa shape index (κ2) is 3.04. The first kappa shape index (κ1) is 7.58. The van der Waals surface area contributed by atoms with Crippen LogP contribution in [0.3, 0.4) is 0 Å². The van der Waals surface area contributed by atoms with Gasteiger partial charge in [0.05, 0.1) is 6.07 Å². The van der Waals surface area contributed by atoms with E-state index >= 15 is 0 Å². The van der Waals surface area contributed by atoms with E-state index in [1.54, 1.807) is 18.2 Å². The molecule has 0 bridgehead atoms. The fraction of sp³-hybridized carbons (Fsp3) is 0.125. The first-order valence-electron chi connectivity index (χ1n) is 3.11. The summed E-state index contributed by atoms with van der Waals surface area (Å²) in [6.45, 7) is 0. The van der Waals surface area contributed by atoms with E-state index < -0.39 is 6.10 Å². The maximum Gasteiger partial charge on any atom is 0.169 e. The summed E-state index contributed by atoms with van der Waals surface area (Å²) >= 11 is 0. The van der Waals surface area contributed by atoms with Gasteiger partial charge < -0.3 is 10.2 Å². The van der Waals surface area contributed by atoms with Crippen molar-refractivity contribution >= 4 is 0 Å². The summed E-state index contributed by atoms with van der Waals surface area (Å²) in [6.07, 6.45) is -1.24. The molecule has 0 aromatic heterocycles. The summed E-state index contributed by atoms with van der Waals surface area (Å²) in [5.74, 6) is -0.0541. The second-order valence-corrected chi connectivity index (χ2v) is 2.09. The van der Waals surface area contributed by atoms with Crippen molar-refractivity contribution in [3.8, 4) is 11.8 Å². The van der Waals surface area contributed by atoms with E-state index in [1.807, 2.05) is 0 Å². The minimum Gasteiger partial charge on any atom is -0.508 e. The Morgan fingerprint density at radius 2 is 2.00 bits per heavy atom. The third-order valence-electron chi connectivity index (χ3n) is 1.35. The molecule has 3 heteroatoms. The zero-order chi connectivity index (χ0) is 8.27. The predicted molar refractivity (Wildman–Crippen MR) is 38.7 cm³/mol. The number of hydrogen-bond donors (Lipinski definition) is 2. The van der Waals surface area contributed by atoms with Crippen molar-refractivity contribution in [1.29, 1.82) is 5.26 Å². The molecule has 0 spiro atoms. The number of phenols is 1. The molecule has 56 valence electrons. The zero-order valence-corrected chi connectivity index (χ0v) is 5.73. The average molecular weight is 149 g/mol. The number of aliphatic hydroxyl groups is 1. The minimum atomic E-state index is -1.24. The molecule has 11 heavy (non-hydrogen) atoms.